The third-order valence-corrected chi connectivity index (χ3v) is 5.30. The molecule has 1 amide bonds. The molecule has 1 aliphatic carbocycles. The standard InChI is InChI=1S/C18H18F3N3O2S/c1-10(15(25)22-14-9-5-3-7-12(14)18(19,20)21)27-17-23-13-8-4-2-6-11(13)16(26)24-17/h3,5,7,9-10H,2,4,6,8H2,1H3,(H,22,25)(H,23,24,26)/t10-/m1/s1. The van der Waals surface area contributed by atoms with E-state index in [1.165, 1.54) is 18.2 Å². The largest absolute Gasteiger partial charge is 0.418 e. The number of benzene rings is 1. The number of aromatic amines is 1. The van der Waals surface area contributed by atoms with Crippen molar-refractivity contribution in [2.24, 2.45) is 0 Å². The smallest absolute Gasteiger partial charge is 0.325 e. The Bertz CT molecular complexity index is 911. The zero-order valence-electron chi connectivity index (χ0n) is 14.5. The second kappa shape index (κ2) is 7.75. The van der Waals surface area contributed by atoms with Crippen LogP contribution in [-0.2, 0) is 23.8 Å². The summed E-state index contributed by atoms with van der Waals surface area (Å²) in [5.74, 6) is -0.600. The van der Waals surface area contributed by atoms with E-state index in [9.17, 15) is 22.8 Å². The van der Waals surface area contributed by atoms with E-state index in [0.29, 0.717) is 23.6 Å². The van der Waals surface area contributed by atoms with Crippen molar-refractivity contribution >= 4 is 23.4 Å². The zero-order valence-corrected chi connectivity index (χ0v) is 15.3. The number of aryl methyl sites for hydroxylation is 1. The number of amides is 1. The van der Waals surface area contributed by atoms with Crippen LogP contribution < -0.4 is 10.9 Å². The van der Waals surface area contributed by atoms with Gasteiger partial charge in [-0.3, -0.25) is 9.59 Å². The van der Waals surface area contributed by atoms with Crippen molar-refractivity contribution in [2.45, 2.75) is 49.2 Å². The number of thioether (sulfide) groups is 1. The van der Waals surface area contributed by atoms with E-state index in [0.717, 1.165) is 36.4 Å². The maximum absolute atomic E-state index is 13.0. The van der Waals surface area contributed by atoms with Crippen LogP contribution >= 0.6 is 11.8 Å². The first-order valence-electron chi connectivity index (χ1n) is 8.51. The third-order valence-electron chi connectivity index (χ3n) is 4.32. The summed E-state index contributed by atoms with van der Waals surface area (Å²) in [4.78, 5) is 31.6. The molecule has 1 atom stereocenters. The van der Waals surface area contributed by atoms with Crippen molar-refractivity contribution < 1.29 is 18.0 Å². The van der Waals surface area contributed by atoms with Gasteiger partial charge < -0.3 is 10.3 Å². The van der Waals surface area contributed by atoms with Crippen molar-refractivity contribution in [2.75, 3.05) is 5.32 Å². The van der Waals surface area contributed by atoms with E-state index in [1.54, 1.807) is 6.92 Å². The molecule has 27 heavy (non-hydrogen) atoms. The van der Waals surface area contributed by atoms with Crippen molar-refractivity contribution in [3.63, 3.8) is 0 Å². The van der Waals surface area contributed by atoms with Gasteiger partial charge >= 0.3 is 6.18 Å². The molecule has 5 nitrogen and oxygen atoms in total. The van der Waals surface area contributed by atoms with Gasteiger partial charge in [0.1, 0.15) is 0 Å². The Kier molecular flexibility index (Phi) is 5.59. The predicted octanol–water partition coefficient (Wildman–Crippen LogP) is 3.79. The molecule has 1 aromatic heterocycles. The fraction of sp³-hybridized carbons (Fsp3) is 0.389. The minimum absolute atomic E-state index is 0.211. The minimum Gasteiger partial charge on any atom is -0.325 e. The molecule has 0 radical (unpaired) electrons. The average molecular weight is 397 g/mol. The van der Waals surface area contributed by atoms with Gasteiger partial charge in [-0.05, 0) is 44.7 Å². The number of H-pyrrole nitrogens is 1. The van der Waals surface area contributed by atoms with Gasteiger partial charge in [-0.1, -0.05) is 23.9 Å². The van der Waals surface area contributed by atoms with Crippen LogP contribution in [0.3, 0.4) is 0 Å². The Morgan fingerprint density at radius 3 is 2.70 bits per heavy atom. The number of hydrogen-bond donors (Lipinski definition) is 2. The molecule has 0 unspecified atom stereocenters. The number of rotatable bonds is 4. The lowest BCUT2D eigenvalue weighted by Gasteiger charge is -2.17. The van der Waals surface area contributed by atoms with Crippen molar-refractivity contribution in [1.29, 1.82) is 0 Å². The molecular weight excluding hydrogens is 379 g/mol. The summed E-state index contributed by atoms with van der Waals surface area (Å²) in [6.07, 6.45) is -1.26. The Morgan fingerprint density at radius 2 is 1.96 bits per heavy atom. The Morgan fingerprint density at radius 1 is 1.26 bits per heavy atom. The van der Waals surface area contributed by atoms with Crippen molar-refractivity contribution in [3.8, 4) is 0 Å². The first-order chi connectivity index (χ1) is 12.8. The average Bonchev–Trinajstić information content (AvgIpc) is 2.61. The molecule has 3 rings (SSSR count). The summed E-state index contributed by atoms with van der Waals surface area (Å²) in [5, 5.41) is 1.87. The number of anilines is 1. The molecule has 2 aromatic rings. The quantitative estimate of drug-likeness (QED) is 0.608. The second-order valence-electron chi connectivity index (χ2n) is 6.30. The van der Waals surface area contributed by atoms with E-state index in [1.807, 2.05) is 0 Å². The molecule has 1 aromatic carbocycles. The van der Waals surface area contributed by atoms with Crippen LogP contribution in [0, 0.1) is 0 Å². The minimum atomic E-state index is -4.56. The number of nitrogens with one attached hydrogen (secondary N) is 2. The van der Waals surface area contributed by atoms with Crippen LogP contribution in [0.15, 0.2) is 34.2 Å². The van der Waals surface area contributed by atoms with Crippen molar-refractivity contribution in [1.82, 2.24) is 9.97 Å². The number of hydrogen-bond acceptors (Lipinski definition) is 4. The molecule has 9 heteroatoms. The van der Waals surface area contributed by atoms with Crippen LogP contribution in [0.2, 0.25) is 0 Å². The maximum Gasteiger partial charge on any atom is 0.418 e. The van der Waals surface area contributed by atoms with Gasteiger partial charge in [0.2, 0.25) is 5.91 Å². The first kappa shape index (κ1) is 19.5. The monoisotopic (exact) mass is 397 g/mol. The van der Waals surface area contributed by atoms with Crippen LogP contribution in [0.25, 0.3) is 0 Å². The summed E-state index contributed by atoms with van der Waals surface area (Å²) >= 11 is 1.01. The van der Waals surface area contributed by atoms with Crippen LogP contribution in [-0.4, -0.2) is 21.1 Å². The number of fused-ring (bicyclic) bond motifs is 1. The summed E-state index contributed by atoms with van der Waals surface area (Å²) in [6, 6.07) is 4.80. The zero-order chi connectivity index (χ0) is 19.6. The van der Waals surface area contributed by atoms with Gasteiger partial charge in [-0.25, -0.2) is 4.98 Å². The van der Waals surface area contributed by atoms with Gasteiger partial charge in [-0.15, -0.1) is 0 Å². The molecule has 1 heterocycles. The summed E-state index contributed by atoms with van der Waals surface area (Å²) in [7, 11) is 0. The van der Waals surface area contributed by atoms with E-state index >= 15 is 0 Å². The third kappa shape index (κ3) is 4.52. The highest BCUT2D eigenvalue weighted by molar-refractivity contribution is 8.00. The number of halogens is 3. The van der Waals surface area contributed by atoms with E-state index in [2.05, 4.69) is 15.3 Å². The molecule has 0 saturated heterocycles. The summed E-state index contributed by atoms with van der Waals surface area (Å²) in [5.41, 5.74) is 0.00626. The number of nitrogens with zero attached hydrogens (tertiary/aromatic N) is 1. The maximum atomic E-state index is 13.0. The lowest BCUT2D eigenvalue weighted by molar-refractivity contribution is -0.137. The highest BCUT2D eigenvalue weighted by Gasteiger charge is 2.34. The molecule has 0 bridgehead atoms. The predicted molar refractivity (Wildman–Crippen MR) is 96.9 cm³/mol. The number of carbonyl (C=O) groups is 1. The molecule has 144 valence electrons. The highest BCUT2D eigenvalue weighted by atomic mass is 32.2. The summed E-state index contributed by atoms with van der Waals surface area (Å²) < 4.78 is 39.1. The highest BCUT2D eigenvalue weighted by Crippen LogP contribution is 2.35. The van der Waals surface area contributed by atoms with Gasteiger partial charge in [0, 0.05) is 5.56 Å². The Hall–Kier alpha value is -2.29. The Labute approximate surface area is 157 Å². The first-order valence-corrected chi connectivity index (χ1v) is 9.39. The Balaban J connectivity index is 1.74. The second-order valence-corrected chi connectivity index (χ2v) is 7.63. The fourth-order valence-corrected chi connectivity index (χ4v) is 3.75. The van der Waals surface area contributed by atoms with Gasteiger partial charge in [-0.2, -0.15) is 13.2 Å². The van der Waals surface area contributed by atoms with Crippen molar-refractivity contribution in [3.05, 3.63) is 51.4 Å². The number of aromatic nitrogens is 2. The van der Waals surface area contributed by atoms with Crippen LogP contribution in [0.5, 0.6) is 0 Å². The number of carbonyl (C=O) groups excluding carboxylic acids is 1. The SMILES string of the molecule is C[C@@H](Sc1nc2c(c(=O)[nH]1)CCCC2)C(=O)Nc1ccccc1C(F)(F)F. The molecule has 0 spiro atoms. The van der Waals surface area contributed by atoms with E-state index in [-0.39, 0.29) is 11.2 Å². The summed E-state index contributed by atoms with van der Waals surface area (Å²) in [6.45, 7) is 1.55. The number of para-hydroxylation sites is 1. The normalized spacial score (nSPS) is 15.1. The molecule has 1 aliphatic rings. The van der Waals surface area contributed by atoms with Gasteiger partial charge in [0.05, 0.1) is 22.2 Å². The van der Waals surface area contributed by atoms with E-state index < -0.39 is 22.9 Å². The van der Waals surface area contributed by atoms with Crippen LogP contribution in [0.4, 0.5) is 18.9 Å². The number of alkyl halides is 3. The topological polar surface area (TPSA) is 74.8 Å². The lowest BCUT2D eigenvalue weighted by Crippen LogP contribution is -2.26. The van der Waals surface area contributed by atoms with Gasteiger partial charge in [0.15, 0.2) is 5.16 Å². The molecule has 0 aliphatic heterocycles. The fourth-order valence-electron chi connectivity index (χ4n) is 2.93. The van der Waals surface area contributed by atoms with Gasteiger partial charge in [0.25, 0.3) is 5.56 Å². The molecular formula is C18H18F3N3O2S. The molecule has 0 fully saturated rings. The lowest BCUT2D eigenvalue weighted by atomic mass is 9.97. The molecule has 2 N–H and O–H groups in total. The van der Waals surface area contributed by atoms with Crippen LogP contribution in [0.1, 0.15) is 36.6 Å². The molecule has 0 saturated carbocycles. The van der Waals surface area contributed by atoms with E-state index in [4.69, 9.17) is 0 Å².